The second-order valence-corrected chi connectivity index (χ2v) is 8.52. The fraction of sp³-hybridized carbons (Fsp3) is 0.417. The van der Waals surface area contributed by atoms with E-state index in [2.05, 4.69) is 21.5 Å². The van der Waals surface area contributed by atoms with E-state index < -0.39 is 0 Å². The zero-order chi connectivity index (χ0) is 21.0. The average Bonchev–Trinajstić information content (AvgIpc) is 3.58. The van der Waals surface area contributed by atoms with Gasteiger partial charge in [0.15, 0.2) is 5.82 Å². The van der Waals surface area contributed by atoms with Crippen molar-refractivity contribution in [3.05, 3.63) is 77.7 Å². The van der Waals surface area contributed by atoms with Crippen molar-refractivity contribution in [3.8, 4) is 0 Å². The summed E-state index contributed by atoms with van der Waals surface area (Å²) in [6.45, 7) is 1.65. The van der Waals surface area contributed by atoms with Gasteiger partial charge in [0, 0.05) is 43.9 Å². The van der Waals surface area contributed by atoms with Crippen LogP contribution in [0.25, 0.3) is 0 Å². The maximum Gasteiger partial charge on any atom is 0.317 e. The van der Waals surface area contributed by atoms with Gasteiger partial charge in [-0.3, -0.25) is 4.98 Å². The Hall–Kier alpha value is -3.22. The standard InChI is InChI=1S/C24H27N5O2/c30-24(26-13-17-7-2-1-3-8-17)29-15-20(19-11-6-12-25-14-19)21(16-29)23-27-22(28-31-23)18-9-4-5-10-18/h1-3,6-8,11-12,14,18,20-21H,4-5,9-10,13,15-16H2,(H,26,30)/t20-,21+/m0/s1. The van der Waals surface area contributed by atoms with Gasteiger partial charge in [-0.05, 0) is 30.0 Å². The zero-order valence-electron chi connectivity index (χ0n) is 17.5. The first-order chi connectivity index (χ1) is 15.3. The molecule has 0 unspecified atom stereocenters. The molecule has 0 radical (unpaired) electrons. The molecule has 7 nitrogen and oxygen atoms in total. The van der Waals surface area contributed by atoms with Crippen LogP contribution in [0.4, 0.5) is 4.79 Å². The molecule has 1 aromatic carbocycles. The quantitative estimate of drug-likeness (QED) is 0.672. The van der Waals surface area contributed by atoms with Crippen LogP contribution in [0.5, 0.6) is 0 Å². The van der Waals surface area contributed by atoms with Gasteiger partial charge in [0.2, 0.25) is 5.89 Å². The molecule has 2 fully saturated rings. The molecule has 5 rings (SSSR count). The van der Waals surface area contributed by atoms with Crippen molar-refractivity contribution in [2.45, 2.75) is 50.0 Å². The minimum atomic E-state index is -0.0734. The number of carbonyl (C=O) groups is 1. The predicted octanol–water partition coefficient (Wildman–Crippen LogP) is 4.22. The number of aromatic nitrogens is 3. The first kappa shape index (κ1) is 19.7. The highest BCUT2D eigenvalue weighted by molar-refractivity contribution is 5.75. The van der Waals surface area contributed by atoms with Crippen LogP contribution >= 0.6 is 0 Å². The maximum atomic E-state index is 12.9. The summed E-state index contributed by atoms with van der Waals surface area (Å²) in [5.74, 6) is 1.90. The van der Waals surface area contributed by atoms with Gasteiger partial charge in [-0.15, -0.1) is 0 Å². The van der Waals surface area contributed by atoms with Gasteiger partial charge >= 0.3 is 6.03 Å². The van der Waals surface area contributed by atoms with E-state index in [1.165, 1.54) is 12.8 Å². The third-order valence-corrected chi connectivity index (χ3v) is 6.50. The van der Waals surface area contributed by atoms with E-state index in [0.717, 1.165) is 29.8 Å². The number of pyridine rings is 1. The molecule has 3 aromatic rings. The van der Waals surface area contributed by atoms with E-state index in [0.29, 0.717) is 31.4 Å². The van der Waals surface area contributed by atoms with E-state index in [4.69, 9.17) is 9.51 Å². The summed E-state index contributed by atoms with van der Waals surface area (Å²) in [4.78, 5) is 23.8. The Morgan fingerprint density at radius 2 is 1.87 bits per heavy atom. The Morgan fingerprint density at radius 3 is 2.65 bits per heavy atom. The number of likely N-dealkylation sites (tertiary alicyclic amines) is 1. The Balaban J connectivity index is 1.33. The van der Waals surface area contributed by atoms with Gasteiger partial charge in [0.25, 0.3) is 0 Å². The molecule has 0 bridgehead atoms. The summed E-state index contributed by atoms with van der Waals surface area (Å²) >= 11 is 0. The lowest BCUT2D eigenvalue weighted by Gasteiger charge is -2.17. The van der Waals surface area contributed by atoms with Gasteiger partial charge in [-0.2, -0.15) is 4.98 Å². The van der Waals surface area contributed by atoms with Gasteiger partial charge in [0.1, 0.15) is 0 Å². The average molecular weight is 418 g/mol. The minimum Gasteiger partial charge on any atom is -0.339 e. The molecule has 7 heteroatoms. The number of hydrogen-bond acceptors (Lipinski definition) is 5. The number of rotatable bonds is 5. The third kappa shape index (κ3) is 4.31. The normalized spacial score (nSPS) is 21.5. The zero-order valence-corrected chi connectivity index (χ0v) is 17.5. The first-order valence-electron chi connectivity index (χ1n) is 11.1. The van der Waals surface area contributed by atoms with E-state index in [1.54, 1.807) is 6.20 Å². The van der Waals surface area contributed by atoms with Crippen LogP contribution < -0.4 is 5.32 Å². The van der Waals surface area contributed by atoms with Crippen molar-refractivity contribution in [1.29, 1.82) is 0 Å². The molecule has 1 saturated carbocycles. The van der Waals surface area contributed by atoms with Crippen LogP contribution in [0, 0.1) is 0 Å². The van der Waals surface area contributed by atoms with Crippen molar-refractivity contribution < 1.29 is 9.32 Å². The Bertz CT molecular complexity index is 1000. The summed E-state index contributed by atoms with van der Waals surface area (Å²) in [7, 11) is 0. The fourth-order valence-electron chi connectivity index (χ4n) is 4.79. The second-order valence-electron chi connectivity index (χ2n) is 8.52. The summed E-state index contributed by atoms with van der Waals surface area (Å²) < 4.78 is 5.73. The molecular weight excluding hydrogens is 390 g/mol. The number of nitrogens with zero attached hydrogens (tertiary/aromatic N) is 4. The van der Waals surface area contributed by atoms with Crippen molar-refractivity contribution in [3.63, 3.8) is 0 Å². The lowest BCUT2D eigenvalue weighted by Crippen LogP contribution is -2.38. The monoisotopic (exact) mass is 417 g/mol. The number of benzene rings is 1. The maximum absolute atomic E-state index is 12.9. The van der Waals surface area contributed by atoms with E-state index in [9.17, 15) is 4.79 Å². The highest BCUT2D eigenvalue weighted by Gasteiger charge is 2.41. The number of carbonyl (C=O) groups excluding carboxylic acids is 1. The van der Waals surface area contributed by atoms with Crippen LogP contribution in [0.2, 0.25) is 0 Å². The molecule has 2 atom stereocenters. The molecule has 0 spiro atoms. The lowest BCUT2D eigenvalue weighted by molar-refractivity contribution is 0.206. The molecule has 160 valence electrons. The van der Waals surface area contributed by atoms with Crippen LogP contribution in [-0.4, -0.2) is 39.1 Å². The third-order valence-electron chi connectivity index (χ3n) is 6.50. The van der Waals surface area contributed by atoms with Crippen LogP contribution in [0.15, 0.2) is 59.4 Å². The molecule has 2 aliphatic rings. The topological polar surface area (TPSA) is 84.2 Å². The Labute approximate surface area is 181 Å². The number of hydrogen-bond donors (Lipinski definition) is 1. The Morgan fingerprint density at radius 1 is 1.06 bits per heavy atom. The van der Waals surface area contributed by atoms with Gasteiger partial charge in [-0.25, -0.2) is 4.79 Å². The summed E-state index contributed by atoms with van der Waals surface area (Å²) in [6, 6.07) is 13.9. The van der Waals surface area contributed by atoms with Crippen molar-refractivity contribution in [2.24, 2.45) is 0 Å². The van der Waals surface area contributed by atoms with Gasteiger partial charge < -0.3 is 14.7 Å². The lowest BCUT2D eigenvalue weighted by atomic mass is 9.90. The summed E-state index contributed by atoms with van der Waals surface area (Å²) in [5, 5.41) is 7.34. The molecule has 31 heavy (non-hydrogen) atoms. The molecule has 1 aliphatic heterocycles. The van der Waals surface area contributed by atoms with E-state index in [-0.39, 0.29) is 17.9 Å². The van der Waals surface area contributed by atoms with Crippen molar-refractivity contribution in [1.82, 2.24) is 25.3 Å². The molecule has 1 saturated heterocycles. The largest absolute Gasteiger partial charge is 0.339 e. The van der Waals surface area contributed by atoms with Gasteiger partial charge in [0.05, 0.1) is 5.92 Å². The Kier molecular flexibility index (Phi) is 5.65. The molecule has 2 aromatic heterocycles. The van der Waals surface area contributed by atoms with Crippen LogP contribution in [-0.2, 0) is 6.54 Å². The van der Waals surface area contributed by atoms with Crippen molar-refractivity contribution in [2.75, 3.05) is 13.1 Å². The summed E-state index contributed by atoms with van der Waals surface area (Å²) in [5.41, 5.74) is 2.17. The van der Waals surface area contributed by atoms with Crippen LogP contribution in [0.3, 0.4) is 0 Å². The molecule has 1 aliphatic carbocycles. The summed E-state index contributed by atoms with van der Waals surface area (Å²) in [6.07, 6.45) is 8.35. The van der Waals surface area contributed by atoms with E-state index >= 15 is 0 Å². The SMILES string of the molecule is O=C(NCc1ccccc1)N1C[C@@H](c2cccnc2)[C@H](c2nc(C3CCCC3)no2)C1. The number of nitrogens with one attached hydrogen (secondary N) is 1. The fourth-order valence-corrected chi connectivity index (χ4v) is 4.79. The van der Waals surface area contributed by atoms with Crippen molar-refractivity contribution >= 4 is 6.03 Å². The molecule has 1 N–H and O–H groups in total. The van der Waals surface area contributed by atoms with E-state index in [1.807, 2.05) is 47.5 Å². The molecule has 3 heterocycles. The second kappa shape index (κ2) is 8.88. The molecule has 2 amide bonds. The molecular formula is C24H27N5O2. The highest BCUT2D eigenvalue weighted by Crippen LogP contribution is 2.40. The van der Waals surface area contributed by atoms with Gasteiger partial charge in [-0.1, -0.05) is 54.4 Å². The first-order valence-corrected chi connectivity index (χ1v) is 11.1. The smallest absolute Gasteiger partial charge is 0.317 e. The minimum absolute atomic E-state index is 0.0330. The number of urea groups is 1. The van der Waals surface area contributed by atoms with Crippen LogP contribution in [0.1, 0.15) is 66.3 Å². The highest BCUT2D eigenvalue weighted by atomic mass is 16.5. The predicted molar refractivity (Wildman–Crippen MR) is 115 cm³/mol. The number of amides is 2.